The van der Waals surface area contributed by atoms with E-state index in [1.54, 1.807) is 0 Å². The average Bonchev–Trinajstić information content (AvgIpc) is 1.30. The van der Waals surface area contributed by atoms with Crippen molar-refractivity contribution < 1.29 is 0 Å². The van der Waals surface area contributed by atoms with E-state index in [2.05, 4.69) is 0 Å². The minimum atomic E-state index is 0.315. The Kier molecular flexibility index (Phi) is 0.618. The summed E-state index contributed by atoms with van der Waals surface area (Å²) in [5, 5.41) is 0. The maximum Gasteiger partial charge on any atom is -0.0561 e. The summed E-state index contributed by atoms with van der Waals surface area (Å²) >= 11 is 0. The standard InChI is InChI=1S/C4H8N/c5-4-2-1-3-4/h4-5H,1-3H2/q-1. The molecule has 0 unspecified atom stereocenters. The normalized spacial score (nSPS) is 25.8. The van der Waals surface area contributed by atoms with E-state index in [1.165, 1.54) is 6.42 Å². The van der Waals surface area contributed by atoms with Gasteiger partial charge < -0.3 is 5.73 Å². The van der Waals surface area contributed by atoms with Crippen LogP contribution < -0.4 is 0 Å². The van der Waals surface area contributed by atoms with Crippen LogP contribution in [0, 0.1) is 0 Å². The zero-order valence-electron chi connectivity index (χ0n) is 3.20. The smallest absolute Gasteiger partial charge is 0.0561 e. The van der Waals surface area contributed by atoms with Crippen molar-refractivity contribution in [1.29, 1.82) is 0 Å². The van der Waals surface area contributed by atoms with E-state index in [0.29, 0.717) is 6.04 Å². The highest BCUT2D eigenvalue weighted by Crippen LogP contribution is 2.19. The lowest BCUT2D eigenvalue weighted by Crippen LogP contribution is -2.10. The van der Waals surface area contributed by atoms with Gasteiger partial charge in [-0.1, -0.05) is 19.3 Å². The summed E-state index contributed by atoms with van der Waals surface area (Å²) in [4.78, 5) is 0. The number of rotatable bonds is 0. The topological polar surface area (TPSA) is 23.8 Å². The first-order valence-corrected chi connectivity index (χ1v) is 2.11. The van der Waals surface area contributed by atoms with Crippen molar-refractivity contribution in [3.63, 3.8) is 0 Å². The molecule has 0 saturated heterocycles. The van der Waals surface area contributed by atoms with Crippen LogP contribution in [0.3, 0.4) is 0 Å². The predicted octanol–water partition coefficient (Wildman–Crippen LogP) is 1.59. The monoisotopic (exact) mass is 70.1 g/mol. The third-order valence-corrected chi connectivity index (χ3v) is 1.11. The van der Waals surface area contributed by atoms with Gasteiger partial charge in [0, 0.05) is 0 Å². The van der Waals surface area contributed by atoms with Crippen LogP contribution in [0.15, 0.2) is 0 Å². The first-order valence-electron chi connectivity index (χ1n) is 2.11. The van der Waals surface area contributed by atoms with E-state index >= 15 is 0 Å². The van der Waals surface area contributed by atoms with Crippen molar-refractivity contribution in [2.45, 2.75) is 25.3 Å². The Bertz CT molecular complexity index is 30.6. The van der Waals surface area contributed by atoms with E-state index in [-0.39, 0.29) is 0 Å². The van der Waals surface area contributed by atoms with Gasteiger partial charge in [0.2, 0.25) is 0 Å². The lowest BCUT2D eigenvalue weighted by molar-refractivity contribution is 0.473. The molecule has 0 bridgehead atoms. The summed E-state index contributed by atoms with van der Waals surface area (Å²) in [6.07, 6.45) is 3.61. The number of hydrogen-bond acceptors (Lipinski definition) is 0. The second-order valence-corrected chi connectivity index (χ2v) is 1.63. The molecule has 1 nitrogen and oxygen atoms in total. The fourth-order valence-electron chi connectivity index (χ4n) is 0.408. The second-order valence-electron chi connectivity index (χ2n) is 1.63. The summed E-state index contributed by atoms with van der Waals surface area (Å²) in [5.41, 5.74) is 6.91. The van der Waals surface area contributed by atoms with Crippen molar-refractivity contribution in [3.05, 3.63) is 5.73 Å². The summed E-state index contributed by atoms with van der Waals surface area (Å²) < 4.78 is 0. The van der Waals surface area contributed by atoms with Crippen molar-refractivity contribution in [3.8, 4) is 0 Å². The Balaban J connectivity index is 2.08. The second kappa shape index (κ2) is 0.977. The summed E-state index contributed by atoms with van der Waals surface area (Å²) in [5.74, 6) is 0. The minimum absolute atomic E-state index is 0.315. The van der Waals surface area contributed by atoms with Gasteiger partial charge in [-0.15, -0.1) is 6.04 Å². The zero-order chi connectivity index (χ0) is 3.70. The molecule has 1 fully saturated rings. The SMILES string of the molecule is [NH-]C1CCC1. The molecule has 0 aromatic rings. The molecular formula is C4H8N-. The molecule has 0 aliphatic heterocycles. The van der Waals surface area contributed by atoms with Crippen LogP contribution in [-0.4, -0.2) is 6.04 Å². The highest BCUT2D eigenvalue weighted by Gasteiger charge is 2.02. The Labute approximate surface area is 32.2 Å². The lowest BCUT2D eigenvalue weighted by Gasteiger charge is -2.28. The highest BCUT2D eigenvalue weighted by atomic mass is 14.6. The van der Waals surface area contributed by atoms with E-state index in [9.17, 15) is 0 Å². The minimum Gasteiger partial charge on any atom is -0.675 e. The molecule has 0 amide bonds. The fraction of sp³-hybridized carbons (Fsp3) is 1.00. The van der Waals surface area contributed by atoms with Crippen molar-refractivity contribution in [2.24, 2.45) is 0 Å². The van der Waals surface area contributed by atoms with Crippen LogP contribution in [0.25, 0.3) is 5.73 Å². The molecule has 0 heterocycles. The third-order valence-electron chi connectivity index (χ3n) is 1.11. The van der Waals surface area contributed by atoms with Gasteiger partial charge in [-0.3, -0.25) is 0 Å². The summed E-state index contributed by atoms with van der Waals surface area (Å²) in [7, 11) is 0. The molecule has 0 atom stereocenters. The van der Waals surface area contributed by atoms with Gasteiger partial charge in [0.15, 0.2) is 0 Å². The molecule has 1 saturated carbocycles. The van der Waals surface area contributed by atoms with E-state index in [0.717, 1.165) is 12.8 Å². The largest absolute Gasteiger partial charge is 0.675 e. The van der Waals surface area contributed by atoms with Gasteiger partial charge in [0.25, 0.3) is 0 Å². The molecule has 0 radical (unpaired) electrons. The molecule has 5 heavy (non-hydrogen) atoms. The quantitative estimate of drug-likeness (QED) is 0.413. The Morgan fingerprint density at radius 3 is 1.80 bits per heavy atom. The Hall–Kier alpha value is -0.0400. The Morgan fingerprint density at radius 2 is 1.80 bits per heavy atom. The van der Waals surface area contributed by atoms with Crippen molar-refractivity contribution >= 4 is 0 Å². The lowest BCUT2D eigenvalue weighted by atomic mass is 9.95. The molecule has 1 heteroatoms. The molecular weight excluding hydrogens is 62.1 g/mol. The number of hydrogen-bond donors (Lipinski definition) is 0. The first-order chi connectivity index (χ1) is 2.39. The van der Waals surface area contributed by atoms with Crippen LogP contribution in [0.2, 0.25) is 0 Å². The summed E-state index contributed by atoms with van der Waals surface area (Å²) in [6, 6.07) is 0.315. The molecule has 0 spiro atoms. The van der Waals surface area contributed by atoms with E-state index in [1.807, 2.05) is 0 Å². The van der Waals surface area contributed by atoms with Crippen LogP contribution in [0.1, 0.15) is 19.3 Å². The summed E-state index contributed by atoms with van der Waals surface area (Å²) in [6.45, 7) is 0. The van der Waals surface area contributed by atoms with Gasteiger partial charge in [0.1, 0.15) is 0 Å². The zero-order valence-corrected chi connectivity index (χ0v) is 3.20. The first kappa shape index (κ1) is 3.16. The van der Waals surface area contributed by atoms with Crippen LogP contribution in [0.4, 0.5) is 0 Å². The maximum atomic E-state index is 6.91. The molecule has 0 aromatic heterocycles. The highest BCUT2D eigenvalue weighted by molar-refractivity contribution is 4.81. The molecule has 30 valence electrons. The van der Waals surface area contributed by atoms with Crippen molar-refractivity contribution in [1.82, 2.24) is 0 Å². The van der Waals surface area contributed by atoms with Crippen LogP contribution >= 0.6 is 0 Å². The van der Waals surface area contributed by atoms with Crippen LogP contribution in [-0.2, 0) is 0 Å². The molecule has 0 aromatic carbocycles. The van der Waals surface area contributed by atoms with Crippen molar-refractivity contribution in [2.75, 3.05) is 0 Å². The fourth-order valence-corrected chi connectivity index (χ4v) is 0.408. The maximum absolute atomic E-state index is 6.91. The van der Waals surface area contributed by atoms with Gasteiger partial charge >= 0.3 is 0 Å². The van der Waals surface area contributed by atoms with E-state index < -0.39 is 0 Å². The van der Waals surface area contributed by atoms with Crippen LogP contribution in [0.5, 0.6) is 0 Å². The van der Waals surface area contributed by atoms with Gasteiger partial charge in [-0.05, 0) is 0 Å². The predicted molar refractivity (Wildman–Crippen MR) is 22.0 cm³/mol. The molecule has 1 aliphatic rings. The molecule has 1 rings (SSSR count). The Morgan fingerprint density at radius 1 is 1.40 bits per heavy atom. The third kappa shape index (κ3) is 0.428. The molecule has 1 aliphatic carbocycles. The van der Waals surface area contributed by atoms with E-state index in [4.69, 9.17) is 5.73 Å². The average molecular weight is 70.1 g/mol. The van der Waals surface area contributed by atoms with Gasteiger partial charge in [-0.25, -0.2) is 0 Å². The van der Waals surface area contributed by atoms with Gasteiger partial charge in [0.05, 0.1) is 0 Å². The number of nitrogens with one attached hydrogen (secondary N) is 1. The van der Waals surface area contributed by atoms with Gasteiger partial charge in [-0.2, -0.15) is 0 Å². The molecule has 1 N–H and O–H groups in total.